The molecule has 1 aliphatic heterocycles. The van der Waals surface area contributed by atoms with E-state index >= 15 is 0 Å². The van der Waals surface area contributed by atoms with Crippen LogP contribution in [0.25, 0.3) is 0 Å². The third-order valence-corrected chi connectivity index (χ3v) is 3.88. The molecule has 0 radical (unpaired) electrons. The Morgan fingerprint density at radius 3 is 2.45 bits per heavy atom. The first kappa shape index (κ1) is 18.5. The van der Waals surface area contributed by atoms with Crippen LogP contribution in [0.4, 0.5) is 0 Å². The van der Waals surface area contributed by atoms with E-state index in [9.17, 15) is 9.59 Å². The molecule has 2 atom stereocenters. The quantitative estimate of drug-likeness (QED) is 0.781. The van der Waals surface area contributed by atoms with Crippen molar-refractivity contribution in [2.75, 3.05) is 19.7 Å². The van der Waals surface area contributed by atoms with Gasteiger partial charge in [0.25, 0.3) is 0 Å². The zero-order valence-corrected chi connectivity index (χ0v) is 13.7. The Kier molecular flexibility index (Phi) is 7.35. The lowest BCUT2D eigenvalue weighted by atomic mass is 9.88. The summed E-state index contributed by atoms with van der Waals surface area (Å²) in [5, 5.41) is 5.98. The van der Waals surface area contributed by atoms with Crippen LogP contribution in [0.2, 0.25) is 0 Å². The molecule has 1 aromatic carbocycles. The van der Waals surface area contributed by atoms with Crippen LogP contribution in [-0.4, -0.2) is 31.6 Å². The maximum absolute atomic E-state index is 12.3. The number of benzene rings is 1. The first-order valence-electron chi connectivity index (χ1n) is 7.36. The highest BCUT2D eigenvalue weighted by molar-refractivity contribution is 5.86. The smallest absolute Gasteiger partial charge is 0.333 e. The fourth-order valence-corrected chi connectivity index (χ4v) is 2.30. The van der Waals surface area contributed by atoms with Gasteiger partial charge in [0.05, 0.1) is 6.61 Å². The first-order valence-corrected chi connectivity index (χ1v) is 7.36. The van der Waals surface area contributed by atoms with E-state index in [-0.39, 0.29) is 24.2 Å². The molecule has 6 heteroatoms. The summed E-state index contributed by atoms with van der Waals surface area (Å²) in [6.07, 6.45) is 0. The lowest BCUT2D eigenvalue weighted by Crippen LogP contribution is -2.50. The second-order valence-electron chi connectivity index (χ2n) is 5.31. The average Bonchev–Trinajstić information content (AvgIpc) is 2.43. The second-order valence-corrected chi connectivity index (χ2v) is 5.31. The Balaban J connectivity index is 0.00000242. The number of hydrogen-bond acceptors (Lipinski definition) is 4. The summed E-state index contributed by atoms with van der Waals surface area (Å²) in [6, 6.07) is 8.44. The minimum Gasteiger partial charge on any atom is -0.464 e. The van der Waals surface area contributed by atoms with E-state index in [1.54, 1.807) is 6.92 Å². The van der Waals surface area contributed by atoms with Crippen molar-refractivity contribution in [1.29, 1.82) is 0 Å². The van der Waals surface area contributed by atoms with Gasteiger partial charge in [-0.05, 0) is 31.5 Å². The molecule has 22 heavy (non-hydrogen) atoms. The molecule has 1 fully saturated rings. The van der Waals surface area contributed by atoms with Gasteiger partial charge in [0.15, 0.2) is 6.04 Å². The van der Waals surface area contributed by atoms with Gasteiger partial charge in [0.2, 0.25) is 5.91 Å². The molecule has 2 rings (SSSR count). The predicted molar refractivity (Wildman–Crippen MR) is 86.7 cm³/mol. The Labute approximate surface area is 137 Å². The summed E-state index contributed by atoms with van der Waals surface area (Å²) in [7, 11) is 0. The maximum atomic E-state index is 12.3. The predicted octanol–water partition coefficient (Wildman–Crippen LogP) is 1.68. The molecule has 2 N–H and O–H groups in total. The number of carbonyl (C=O) groups is 2. The van der Waals surface area contributed by atoms with Crippen molar-refractivity contribution in [3.63, 3.8) is 0 Å². The van der Waals surface area contributed by atoms with E-state index in [4.69, 9.17) is 4.74 Å². The summed E-state index contributed by atoms with van der Waals surface area (Å²) >= 11 is 0. The Hall–Kier alpha value is -1.59. The molecule has 1 amide bonds. The number of nitrogens with one attached hydrogen (secondary N) is 2. The minimum atomic E-state index is -0.742. The van der Waals surface area contributed by atoms with Crippen LogP contribution in [0.5, 0.6) is 0 Å². The molecule has 1 aliphatic rings. The summed E-state index contributed by atoms with van der Waals surface area (Å²) in [6.45, 7) is 5.65. The van der Waals surface area contributed by atoms with Crippen LogP contribution in [0.15, 0.2) is 30.3 Å². The van der Waals surface area contributed by atoms with Gasteiger partial charge in [-0.1, -0.05) is 37.3 Å². The monoisotopic (exact) mass is 326 g/mol. The maximum Gasteiger partial charge on any atom is 0.333 e. The van der Waals surface area contributed by atoms with Gasteiger partial charge in [-0.15, -0.1) is 12.4 Å². The molecule has 1 aromatic rings. The molecule has 0 aromatic heterocycles. The highest BCUT2D eigenvalue weighted by Gasteiger charge is 2.32. The minimum absolute atomic E-state index is 0. The molecule has 1 unspecified atom stereocenters. The summed E-state index contributed by atoms with van der Waals surface area (Å²) < 4.78 is 5.07. The van der Waals surface area contributed by atoms with Crippen LogP contribution in [-0.2, 0) is 14.3 Å². The highest BCUT2D eigenvalue weighted by atomic mass is 35.5. The van der Waals surface area contributed by atoms with Crippen molar-refractivity contribution < 1.29 is 14.3 Å². The van der Waals surface area contributed by atoms with Crippen molar-refractivity contribution in [3.05, 3.63) is 35.9 Å². The Bertz CT molecular complexity index is 491. The van der Waals surface area contributed by atoms with Gasteiger partial charge in [0.1, 0.15) is 0 Å². The molecule has 0 aliphatic carbocycles. The molecule has 0 saturated carbocycles. The molecule has 122 valence electrons. The molecular formula is C16H23ClN2O3. The van der Waals surface area contributed by atoms with Gasteiger partial charge >= 0.3 is 5.97 Å². The van der Waals surface area contributed by atoms with Gasteiger partial charge in [0, 0.05) is 5.92 Å². The van der Waals surface area contributed by atoms with Gasteiger partial charge in [-0.2, -0.15) is 0 Å². The topological polar surface area (TPSA) is 67.4 Å². The summed E-state index contributed by atoms with van der Waals surface area (Å²) in [5.74, 6) is -0.310. The average molecular weight is 327 g/mol. The Morgan fingerprint density at radius 1 is 1.32 bits per heavy atom. The van der Waals surface area contributed by atoms with Crippen molar-refractivity contribution in [3.8, 4) is 0 Å². The third kappa shape index (κ3) is 4.45. The number of rotatable bonds is 6. The lowest BCUT2D eigenvalue weighted by Gasteiger charge is -2.32. The largest absolute Gasteiger partial charge is 0.464 e. The van der Waals surface area contributed by atoms with Crippen molar-refractivity contribution in [2.24, 2.45) is 11.8 Å². The number of ether oxygens (including phenoxy) is 1. The van der Waals surface area contributed by atoms with E-state index < -0.39 is 12.0 Å². The normalized spacial score (nSPS) is 16.6. The third-order valence-electron chi connectivity index (χ3n) is 3.88. The first-order chi connectivity index (χ1) is 10.1. The van der Waals surface area contributed by atoms with E-state index in [1.165, 1.54) is 0 Å². The molecule has 5 nitrogen and oxygen atoms in total. The van der Waals surface area contributed by atoms with E-state index in [1.807, 2.05) is 37.3 Å². The standard InChI is InChI=1S/C16H22N2O3.ClH/c1-3-21-16(20)14(12-7-5-4-6-8-12)18-15(19)11(2)13-9-17-10-13;/h4-8,11,13-14,17H,3,9-10H2,1-2H3,(H,18,19);1H/t11?,14-;/m1./s1. The van der Waals surface area contributed by atoms with Crippen LogP contribution >= 0.6 is 12.4 Å². The SMILES string of the molecule is CCOC(=O)[C@H](NC(=O)C(C)C1CNC1)c1ccccc1.Cl. The van der Waals surface area contributed by atoms with E-state index in [0.717, 1.165) is 18.7 Å². The number of amides is 1. The number of hydrogen-bond donors (Lipinski definition) is 2. The second kappa shape index (κ2) is 8.76. The number of halogens is 1. The zero-order valence-electron chi connectivity index (χ0n) is 12.9. The lowest BCUT2D eigenvalue weighted by molar-refractivity contribution is -0.148. The highest BCUT2D eigenvalue weighted by Crippen LogP contribution is 2.19. The van der Waals surface area contributed by atoms with Gasteiger partial charge < -0.3 is 15.4 Å². The fraction of sp³-hybridized carbons (Fsp3) is 0.500. The van der Waals surface area contributed by atoms with Gasteiger partial charge in [-0.25, -0.2) is 4.79 Å². The van der Waals surface area contributed by atoms with Crippen LogP contribution in [0.1, 0.15) is 25.5 Å². The molecular weight excluding hydrogens is 304 g/mol. The van der Waals surface area contributed by atoms with E-state index in [2.05, 4.69) is 10.6 Å². The van der Waals surface area contributed by atoms with Crippen molar-refractivity contribution >= 4 is 24.3 Å². The zero-order chi connectivity index (χ0) is 15.2. The van der Waals surface area contributed by atoms with Crippen molar-refractivity contribution in [2.45, 2.75) is 19.9 Å². The number of carbonyl (C=O) groups excluding carboxylic acids is 2. The summed E-state index contributed by atoms with van der Waals surface area (Å²) in [5.41, 5.74) is 0.739. The fourth-order valence-electron chi connectivity index (χ4n) is 2.30. The van der Waals surface area contributed by atoms with Gasteiger partial charge in [-0.3, -0.25) is 4.79 Å². The molecule has 1 saturated heterocycles. The van der Waals surface area contributed by atoms with E-state index in [0.29, 0.717) is 12.5 Å². The molecule has 0 spiro atoms. The molecule has 1 heterocycles. The summed E-state index contributed by atoms with van der Waals surface area (Å²) in [4.78, 5) is 24.4. The van der Waals surface area contributed by atoms with Crippen molar-refractivity contribution in [1.82, 2.24) is 10.6 Å². The Morgan fingerprint density at radius 2 is 1.95 bits per heavy atom. The van der Waals surface area contributed by atoms with Crippen LogP contribution < -0.4 is 10.6 Å². The molecule has 0 bridgehead atoms. The number of esters is 1. The van der Waals surface area contributed by atoms with Crippen LogP contribution in [0, 0.1) is 11.8 Å². The van der Waals surface area contributed by atoms with Crippen LogP contribution in [0.3, 0.4) is 0 Å².